The van der Waals surface area contributed by atoms with Crippen molar-refractivity contribution in [1.29, 1.82) is 0 Å². The molecule has 0 saturated carbocycles. The van der Waals surface area contributed by atoms with Crippen LogP contribution in [0.3, 0.4) is 0 Å². The van der Waals surface area contributed by atoms with E-state index < -0.39 is 5.25 Å². The number of anilines is 1. The number of fused-ring (bicyclic) bond motifs is 1. The zero-order chi connectivity index (χ0) is 23.5. The number of carbonyl (C=O) groups is 3. The van der Waals surface area contributed by atoms with Gasteiger partial charge in [-0.05, 0) is 61.4 Å². The molecular weight excluding hydrogens is 448 g/mol. The minimum atomic E-state index is -0.495. The van der Waals surface area contributed by atoms with Crippen molar-refractivity contribution in [3.63, 3.8) is 0 Å². The Hall–Kier alpha value is -3.13. The molecule has 1 saturated heterocycles. The van der Waals surface area contributed by atoms with Gasteiger partial charge in [0.05, 0.1) is 6.04 Å². The number of hydrogen-bond donors (Lipinski definition) is 2. The molecule has 2 N–H and O–H groups in total. The van der Waals surface area contributed by atoms with Crippen molar-refractivity contribution < 1.29 is 14.4 Å². The molecule has 0 aromatic heterocycles. The lowest BCUT2D eigenvalue weighted by atomic mass is 10.1. The van der Waals surface area contributed by atoms with Crippen LogP contribution in [0.1, 0.15) is 59.6 Å². The van der Waals surface area contributed by atoms with Gasteiger partial charge in [-0.2, -0.15) is 4.99 Å². The van der Waals surface area contributed by atoms with Crippen molar-refractivity contribution in [3.8, 4) is 0 Å². The van der Waals surface area contributed by atoms with Crippen LogP contribution in [0.4, 0.5) is 5.69 Å². The van der Waals surface area contributed by atoms with E-state index in [1.807, 2.05) is 12.1 Å². The average molecular weight is 477 g/mol. The lowest BCUT2D eigenvalue weighted by Crippen LogP contribution is -2.33. The van der Waals surface area contributed by atoms with Gasteiger partial charge in [0, 0.05) is 30.8 Å². The number of aryl methyl sites for hydroxylation is 1. The predicted octanol–water partition coefficient (Wildman–Crippen LogP) is 3.92. The highest BCUT2D eigenvalue weighted by atomic mass is 32.2. The molecule has 176 valence electrons. The number of nitrogens with one attached hydrogen (secondary N) is 2. The molecule has 2 aromatic carbocycles. The van der Waals surface area contributed by atoms with Gasteiger partial charge in [0.1, 0.15) is 5.25 Å². The molecule has 2 heterocycles. The Labute approximate surface area is 203 Å². The smallest absolute Gasteiger partial charge is 0.262 e. The van der Waals surface area contributed by atoms with E-state index in [9.17, 15) is 14.4 Å². The molecule has 2 aromatic rings. The van der Waals surface area contributed by atoms with Crippen molar-refractivity contribution in [2.75, 3.05) is 18.4 Å². The average Bonchev–Trinajstić information content (AvgIpc) is 3.43. The normalized spacial score (nSPS) is 21.7. The van der Waals surface area contributed by atoms with Crippen molar-refractivity contribution >= 4 is 40.3 Å². The van der Waals surface area contributed by atoms with E-state index in [0.717, 1.165) is 43.9 Å². The molecule has 3 aliphatic rings. The van der Waals surface area contributed by atoms with Crippen LogP contribution in [-0.2, 0) is 16.0 Å². The van der Waals surface area contributed by atoms with Gasteiger partial charge < -0.3 is 15.5 Å². The van der Waals surface area contributed by atoms with Crippen molar-refractivity contribution in [1.82, 2.24) is 10.2 Å². The molecule has 0 radical (unpaired) electrons. The van der Waals surface area contributed by atoms with Gasteiger partial charge in [0.25, 0.3) is 11.8 Å². The minimum Gasteiger partial charge on any atom is -0.351 e. The lowest BCUT2D eigenvalue weighted by Gasteiger charge is -2.27. The maximum absolute atomic E-state index is 12.9. The van der Waals surface area contributed by atoms with Crippen LogP contribution in [-0.4, -0.2) is 46.1 Å². The molecule has 0 bridgehead atoms. The second kappa shape index (κ2) is 10.0. The molecule has 34 heavy (non-hydrogen) atoms. The Morgan fingerprint density at radius 1 is 1.06 bits per heavy atom. The number of amidine groups is 1. The van der Waals surface area contributed by atoms with E-state index >= 15 is 0 Å². The summed E-state index contributed by atoms with van der Waals surface area (Å²) in [6.07, 6.45) is 5.32. The van der Waals surface area contributed by atoms with Crippen LogP contribution < -0.4 is 10.6 Å². The number of rotatable bonds is 5. The van der Waals surface area contributed by atoms with Gasteiger partial charge in [0.2, 0.25) is 5.91 Å². The fraction of sp³-hybridized carbons (Fsp3) is 0.385. The molecule has 1 fully saturated rings. The Morgan fingerprint density at radius 3 is 2.74 bits per heavy atom. The fourth-order valence-electron chi connectivity index (χ4n) is 4.80. The Morgan fingerprint density at radius 2 is 1.88 bits per heavy atom. The number of likely N-dealkylation sites (tertiary alicyclic amines) is 1. The van der Waals surface area contributed by atoms with Gasteiger partial charge in [-0.1, -0.05) is 42.1 Å². The van der Waals surface area contributed by atoms with Gasteiger partial charge in [-0.25, -0.2) is 0 Å². The number of piperidine rings is 1. The highest BCUT2D eigenvalue weighted by molar-refractivity contribution is 8.15. The van der Waals surface area contributed by atoms with E-state index in [1.165, 1.54) is 29.3 Å². The fourth-order valence-corrected chi connectivity index (χ4v) is 5.91. The third-order valence-electron chi connectivity index (χ3n) is 6.57. The highest BCUT2D eigenvalue weighted by Gasteiger charge is 2.33. The lowest BCUT2D eigenvalue weighted by molar-refractivity contribution is -0.121. The van der Waals surface area contributed by atoms with Gasteiger partial charge in [-0.15, -0.1) is 0 Å². The molecule has 0 spiro atoms. The monoisotopic (exact) mass is 476 g/mol. The van der Waals surface area contributed by atoms with E-state index in [2.05, 4.69) is 32.7 Å². The van der Waals surface area contributed by atoms with Crippen molar-refractivity contribution in [3.05, 3.63) is 65.2 Å². The summed E-state index contributed by atoms with van der Waals surface area (Å²) < 4.78 is 0. The molecule has 3 amide bonds. The summed E-state index contributed by atoms with van der Waals surface area (Å²) in [5, 5.41) is 6.20. The third-order valence-corrected chi connectivity index (χ3v) is 7.79. The second-order valence-electron chi connectivity index (χ2n) is 8.98. The molecule has 2 unspecified atom stereocenters. The Balaban J connectivity index is 1.16. The number of amides is 3. The third kappa shape index (κ3) is 5.01. The maximum atomic E-state index is 12.9. The number of carbonyl (C=O) groups excluding carboxylic acids is 3. The molecule has 2 atom stereocenters. The Bertz CT molecular complexity index is 1140. The first kappa shape index (κ1) is 22.7. The van der Waals surface area contributed by atoms with E-state index in [-0.39, 0.29) is 30.2 Å². The van der Waals surface area contributed by atoms with E-state index in [4.69, 9.17) is 0 Å². The van der Waals surface area contributed by atoms with Gasteiger partial charge in [0.15, 0.2) is 5.17 Å². The summed E-state index contributed by atoms with van der Waals surface area (Å²) in [4.78, 5) is 44.2. The van der Waals surface area contributed by atoms with E-state index in [1.54, 1.807) is 24.3 Å². The number of aliphatic imine (C=N–C) groups is 1. The number of hydrogen-bond acceptors (Lipinski definition) is 5. The van der Waals surface area contributed by atoms with Crippen LogP contribution in [0.2, 0.25) is 0 Å². The standard InChI is InChI=1S/C26H28N4O3S/c31-23(16-22-25(33)29-26(34-22)30-13-4-1-5-14-30)27-19-9-6-8-18(15-19)24(32)28-21-12-11-17-7-2-3-10-20(17)21/h2-3,6-10,15,21-22H,1,4-5,11-14,16H2,(H,27,31)(H,28,32). The zero-order valence-electron chi connectivity index (χ0n) is 19.0. The maximum Gasteiger partial charge on any atom is 0.262 e. The number of thioether (sulfide) groups is 1. The van der Waals surface area contributed by atoms with Crippen LogP contribution in [0.15, 0.2) is 53.5 Å². The SMILES string of the molecule is O=C(CC1SC(N2CCCCC2)=NC1=O)Nc1cccc(C(=O)NC2CCc3ccccc32)c1. The first-order chi connectivity index (χ1) is 16.6. The number of benzene rings is 2. The molecule has 7 nitrogen and oxygen atoms in total. The minimum absolute atomic E-state index is 0.00134. The molecular formula is C26H28N4O3S. The highest BCUT2D eigenvalue weighted by Crippen LogP contribution is 2.31. The summed E-state index contributed by atoms with van der Waals surface area (Å²) in [6, 6.07) is 15.1. The molecule has 5 rings (SSSR count). The summed E-state index contributed by atoms with van der Waals surface area (Å²) in [7, 11) is 0. The van der Waals surface area contributed by atoms with Gasteiger partial charge >= 0.3 is 0 Å². The first-order valence-corrected chi connectivity index (χ1v) is 12.8. The van der Waals surface area contributed by atoms with E-state index in [0.29, 0.717) is 11.3 Å². The van der Waals surface area contributed by atoms with Crippen LogP contribution in [0, 0.1) is 0 Å². The van der Waals surface area contributed by atoms with Crippen molar-refractivity contribution in [2.45, 2.75) is 49.8 Å². The molecule has 2 aliphatic heterocycles. The summed E-state index contributed by atoms with van der Waals surface area (Å²) in [5.74, 6) is -0.673. The topological polar surface area (TPSA) is 90.9 Å². The van der Waals surface area contributed by atoms with Crippen LogP contribution in [0.5, 0.6) is 0 Å². The molecule has 8 heteroatoms. The summed E-state index contributed by atoms with van der Waals surface area (Å²) in [5.41, 5.74) is 3.48. The first-order valence-electron chi connectivity index (χ1n) is 11.9. The predicted molar refractivity (Wildman–Crippen MR) is 134 cm³/mol. The second-order valence-corrected chi connectivity index (χ2v) is 10.2. The zero-order valence-corrected chi connectivity index (χ0v) is 19.8. The number of nitrogens with zero attached hydrogens (tertiary/aromatic N) is 2. The Kier molecular flexibility index (Phi) is 6.67. The van der Waals surface area contributed by atoms with Crippen molar-refractivity contribution in [2.24, 2.45) is 4.99 Å². The quantitative estimate of drug-likeness (QED) is 0.683. The van der Waals surface area contributed by atoms with Crippen LogP contribution >= 0.6 is 11.8 Å². The summed E-state index contributed by atoms with van der Waals surface area (Å²) >= 11 is 1.39. The molecule has 1 aliphatic carbocycles. The summed E-state index contributed by atoms with van der Waals surface area (Å²) in [6.45, 7) is 1.83. The van der Waals surface area contributed by atoms with Gasteiger partial charge in [-0.3, -0.25) is 14.4 Å². The largest absolute Gasteiger partial charge is 0.351 e. The van der Waals surface area contributed by atoms with Crippen LogP contribution in [0.25, 0.3) is 0 Å².